The van der Waals surface area contributed by atoms with Gasteiger partial charge in [-0.2, -0.15) is 0 Å². The van der Waals surface area contributed by atoms with Crippen LogP contribution in [0.4, 0.5) is 0 Å². The first kappa shape index (κ1) is 11.4. The van der Waals surface area contributed by atoms with Gasteiger partial charge in [0.1, 0.15) is 0 Å². The van der Waals surface area contributed by atoms with E-state index in [0.29, 0.717) is 12.1 Å². The van der Waals surface area contributed by atoms with Crippen molar-refractivity contribution in [3.8, 4) is 0 Å². The number of nitrogens with zero attached hydrogens (tertiary/aromatic N) is 1. The van der Waals surface area contributed by atoms with Crippen LogP contribution in [0, 0.1) is 5.92 Å². The lowest BCUT2D eigenvalue weighted by Gasteiger charge is -2.52. The fourth-order valence-electron chi connectivity index (χ4n) is 3.56. The second-order valence-electron chi connectivity index (χ2n) is 6.35. The quantitative estimate of drug-likeness (QED) is 0.665. The predicted molar refractivity (Wildman–Crippen MR) is 64.8 cm³/mol. The largest absolute Gasteiger partial charge is 0.326 e. The van der Waals surface area contributed by atoms with Crippen LogP contribution < -0.4 is 5.73 Å². The molecule has 0 bridgehead atoms. The molecule has 2 aliphatic rings. The normalized spacial score (nSPS) is 38.8. The van der Waals surface area contributed by atoms with E-state index >= 15 is 0 Å². The molecule has 3 atom stereocenters. The smallest absolute Gasteiger partial charge is 0.0280 e. The molecular formula is C13H26N2. The van der Waals surface area contributed by atoms with Crippen molar-refractivity contribution in [2.45, 2.75) is 70.5 Å². The highest BCUT2D eigenvalue weighted by Gasteiger charge is 2.41. The van der Waals surface area contributed by atoms with Gasteiger partial charge in [0.15, 0.2) is 0 Å². The van der Waals surface area contributed by atoms with Gasteiger partial charge in [0.2, 0.25) is 0 Å². The van der Waals surface area contributed by atoms with Crippen molar-refractivity contribution < 1.29 is 0 Å². The maximum atomic E-state index is 6.33. The highest BCUT2D eigenvalue weighted by atomic mass is 15.2. The monoisotopic (exact) mass is 210 g/mol. The number of likely N-dealkylation sites (tertiary alicyclic amines) is 1. The molecule has 2 nitrogen and oxygen atoms in total. The van der Waals surface area contributed by atoms with Gasteiger partial charge in [-0.25, -0.2) is 0 Å². The minimum absolute atomic E-state index is 0.290. The van der Waals surface area contributed by atoms with E-state index in [-0.39, 0.29) is 5.54 Å². The molecule has 88 valence electrons. The van der Waals surface area contributed by atoms with Gasteiger partial charge >= 0.3 is 0 Å². The van der Waals surface area contributed by atoms with Crippen molar-refractivity contribution >= 4 is 0 Å². The van der Waals surface area contributed by atoms with Crippen LogP contribution in [0.15, 0.2) is 0 Å². The molecule has 15 heavy (non-hydrogen) atoms. The average molecular weight is 210 g/mol. The van der Waals surface area contributed by atoms with E-state index in [1.54, 1.807) is 0 Å². The lowest BCUT2D eigenvalue weighted by atomic mass is 9.74. The highest BCUT2D eigenvalue weighted by molar-refractivity contribution is 4.98. The van der Waals surface area contributed by atoms with E-state index in [1.807, 2.05) is 0 Å². The third-order valence-electron chi connectivity index (χ3n) is 4.23. The molecule has 2 fully saturated rings. The van der Waals surface area contributed by atoms with Gasteiger partial charge in [-0.15, -0.1) is 0 Å². The SMILES string of the molecule is CC(C)(C)N1CCCC2CCCC(N)C21. The fraction of sp³-hybridized carbons (Fsp3) is 1.00. The zero-order valence-electron chi connectivity index (χ0n) is 10.5. The van der Waals surface area contributed by atoms with Gasteiger partial charge < -0.3 is 5.73 Å². The highest BCUT2D eigenvalue weighted by Crippen LogP contribution is 2.37. The van der Waals surface area contributed by atoms with Crippen molar-refractivity contribution in [2.75, 3.05) is 6.54 Å². The van der Waals surface area contributed by atoms with Crippen LogP contribution in [-0.2, 0) is 0 Å². The Labute approximate surface area is 94.2 Å². The van der Waals surface area contributed by atoms with Crippen LogP contribution in [-0.4, -0.2) is 29.1 Å². The first-order chi connectivity index (χ1) is 7.00. The summed E-state index contributed by atoms with van der Waals surface area (Å²) in [7, 11) is 0. The molecule has 1 saturated heterocycles. The maximum absolute atomic E-state index is 6.33. The van der Waals surface area contributed by atoms with E-state index in [9.17, 15) is 0 Å². The van der Waals surface area contributed by atoms with E-state index in [2.05, 4.69) is 25.7 Å². The number of nitrogens with two attached hydrogens (primary N) is 1. The van der Waals surface area contributed by atoms with E-state index in [4.69, 9.17) is 5.73 Å². The predicted octanol–water partition coefficient (Wildman–Crippen LogP) is 2.38. The molecule has 2 rings (SSSR count). The van der Waals surface area contributed by atoms with Crippen LogP contribution in [0.1, 0.15) is 52.9 Å². The minimum atomic E-state index is 0.290. The molecule has 1 aliphatic carbocycles. The van der Waals surface area contributed by atoms with Crippen LogP contribution in [0.3, 0.4) is 0 Å². The lowest BCUT2D eigenvalue weighted by molar-refractivity contribution is -0.0149. The molecule has 0 spiro atoms. The average Bonchev–Trinajstić information content (AvgIpc) is 2.16. The van der Waals surface area contributed by atoms with Gasteiger partial charge in [0.05, 0.1) is 0 Å². The Morgan fingerprint density at radius 2 is 1.73 bits per heavy atom. The van der Waals surface area contributed by atoms with Crippen LogP contribution in [0.2, 0.25) is 0 Å². The molecule has 2 heteroatoms. The van der Waals surface area contributed by atoms with Crippen molar-refractivity contribution in [1.29, 1.82) is 0 Å². The molecule has 0 aromatic rings. The van der Waals surface area contributed by atoms with Gasteiger partial charge in [-0.1, -0.05) is 6.42 Å². The molecule has 0 aromatic carbocycles. The fourth-order valence-corrected chi connectivity index (χ4v) is 3.56. The lowest BCUT2D eigenvalue weighted by Crippen LogP contribution is -2.62. The van der Waals surface area contributed by atoms with E-state index in [1.165, 1.54) is 38.6 Å². The molecule has 0 amide bonds. The second-order valence-corrected chi connectivity index (χ2v) is 6.35. The van der Waals surface area contributed by atoms with Crippen LogP contribution in [0.5, 0.6) is 0 Å². The molecule has 2 N–H and O–H groups in total. The second kappa shape index (κ2) is 4.06. The number of hydrogen-bond acceptors (Lipinski definition) is 2. The Balaban J connectivity index is 2.16. The summed E-state index contributed by atoms with van der Waals surface area (Å²) < 4.78 is 0. The molecular weight excluding hydrogens is 184 g/mol. The maximum Gasteiger partial charge on any atom is 0.0280 e. The summed E-state index contributed by atoms with van der Waals surface area (Å²) in [6.07, 6.45) is 6.76. The van der Waals surface area contributed by atoms with E-state index < -0.39 is 0 Å². The summed E-state index contributed by atoms with van der Waals surface area (Å²) in [6.45, 7) is 8.24. The summed E-state index contributed by atoms with van der Waals surface area (Å²) in [4.78, 5) is 2.67. The molecule has 1 saturated carbocycles. The molecule has 0 radical (unpaired) electrons. The molecule has 0 aromatic heterocycles. The van der Waals surface area contributed by atoms with Gasteiger partial charge in [0.25, 0.3) is 0 Å². The Bertz CT molecular complexity index is 217. The summed E-state index contributed by atoms with van der Waals surface area (Å²) in [6, 6.07) is 1.08. The zero-order valence-corrected chi connectivity index (χ0v) is 10.5. The van der Waals surface area contributed by atoms with Crippen molar-refractivity contribution in [2.24, 2.45) is 11.7 Å². The van der Waals surface area contributed by atoms with E-state index in [0.717, 1.165) is 5.92 Å². The summed E-state index contributed by atoms with van der Waals surface area (Å²) in [5, 5.41) is 0. The standard InChI is InChI=1S/C13H26N2/c1-13(2,3)15-9-5-7-10-6-4-8-11(14)12(10)15/h10-12H,4-9,14H2,1-3H3. The van der Waals surface area contributed by atoms with Crippen LogP contribution in [0.25, 0.3) is 0 Å². The topological polar surface area (TPSA) is 29.3 Å². The van der Waals surface area contributed by atoms with Gasteiger partial charge in [-0.3, -0.25) is 4.90 Å². The minimum Gasteiger partial charge on any atom is -0.326 e. The first-order valence-electron chi connectivity index (χ1n) is 6.52. The Morgan fingerprint density at radius 3 is 2.40 bits per heavy atom. The summed E-state index contributed by atoms with van der Waals surface area (Å²) in [5.74, 6) is 0.877. The number of hydrogen-bond donors (Lipinski definition) is 1. The van der Waals surface area contributed by atoms with Crippen LogP contribution >= 0.6 is 0 Å². The van der Waals surface area contributed by atoms with Gasteiger partial charge in [-0.05, 0) is 58.9 Å². The van der Waals surface area contributed by atoms with Crippen molar-refractivity contribution in [3.05, 3.63) is 0 Å². The number of fused-ring (bicyclic) bond motifs is 1. The summed E-state index contributed by atoms with van der Waals surface area (Å²) >= 11 is 0. The first-order valence-corrected chi connectivity index (χ1v) is 6.52. The Kier molecular flexibility index (Phi) is 3.09. The van der Waals surface area contributed by atoms with Crippen molar-refractivity contribution in [1.82, 2.24) is 4.90 Å². The van der Waals surface area contributed by atoms with Crippen molar-refractivity contribution in [3.63, 3.8) is 0 Å². The number of piperidine rings is 1. The Hall–Kier alpha value is -0.0800. The zero-order chi connectivity index (χ0) is 11.1. The number of rotatable bonds is 0. The summed E-state index contributed by atoms with van der Waals surface area (Å²) in [5.41, 5.74) is 6.62. The third-order valence-corrected chi connectivity index (χ3v) is 4.23. The molecule has 1 heterocycles. The molecule has 3 unspecified atom stereocenters. The van der Waals surface area contributed by atoms with Gasteiger partial charge in [0, 0.05) is 17.6 Å². The third kappa shape index (κ3) is 2.21. The molecule has 1 aliphatic heterocycles. The Morgan fingerprint density at radius 1 is 1.07 bits per heavy atom.